The van der Waals surface area contributed by atoms with Crippen molar-refractivity contribution in [3.05, 3.63) is 79.1 Å². The number of carbonyl (C=O) groups excluding carboxylic acids is 2. The van der Waals surface area contributed by atoms with E-state index in [2.05, 4.69) is 4.90 Å². The fourth-order valence-electron chi connectivity index (χ4n) is 4.94. The first-order valence-corrected chi connectivity index (χ1v) is 14.0. The standard InChI is InChI=1S/C27H28N2O6S2/c1-28(12-13-29-21-11-6-18(17-30)16-22(21)35-26(29)32)19-7-9-20(10-8-19)34-25(31)27(33,23-4-2-14-36-23)24-5-3-15-37-24/h2-6,11,14-17,19-20,33H,7-10,12-13H2,1H3/t19-,20-. The molecule has 8 nitrogen and oxygen atoms in total. The van der Waals surface area contributed by atoms with E-state index in [0.717, 1.165) is 19.1 Å². The summed E-state index contributed by atoms with van der Waals surface area (Å²) in [6.07, 6.45) is 3.56. The number of likely N-dealkylation sites (N-methyl/N-ethyl adjacent to an activating group) is 1. The minimum Gasteiger partial charge on any atom is -0.460 e. The van der Waals surface area contributed by atoms with E-state index in [1.807, 2.05) is 29.9 Å². The van der Waals surface area contributed by atoms with Crippen molar-refractivity contribution in [1.82, 2.24) is 9.47 Å². The van der Waals surface area contributed by atoms with Gasteiger partial charge in [0.05, 0.1) is 15.3 Å². The summed E-state index contributed by atoms with van der Waals surface area (Å²) in [7, 11) is 2.03. The summed E-state index contributed by atoms with van der Waals surface area (Å²) in [5.74, 6) is -1.07. The van der Waals surface area contributed by atoms with Gasteiger partial charge in [-0.3, -0.25) is 9.36 Å². The summed E-state index contributed by atoms with van der Waals surface area (Å²) < 4.78 is 12.8. The second kappa shape index (κ2) is 10.7. The highest BCUT2D eigenvalue weighted by atomic mass is 32.1. The number of rotatable bonds is 9. The number of nitrogens with zero attached hydrogens (tertiary/aromatic N) is 2. The predicted molar refractivity (Wildman–Crippen MR) is 142 cm³/mol. The lowest BCUT2D eigenvalue weighted by atomic mass is 9.91. The average molecular weight is 541 g/mol. The molecule has 1 fully saturated rings. The van der Waals surface area contributed by atoms with Crippen LogP contribution in [0.25, 0.3) is 11.1 Å². The van der Waals surface area contributed by atoms with Crippen LogP contribution in [-0.2, 0) is 21.7 Å². The molecule has 4 aromatic rings. The van der Waals surface area contributed by atoms with Gasteiger partial charge in [-0.1, -0.05) is 12.1 Å². The smallest absolute Gasteiger partial charge is 0.419 e. The van der Waals surface area contributed by atoms with Crippen molar-refractivity contribution < 1.29 is 23.8 Å². The Labute approximate surface area is 221 Å². The number of aromatic nitrogens is 1. The van der Waals surface area contributed by atoms with E-state index in [0.29, 0.717) is 58.4 Å². The topological polar surface area (TPSA) is 102 Å². The lowest BCUT2D eigenvalue weighted by Gasteiger charge is -2.35. The third kappa shape index (κ3) is 5.06. The second-order valence-electron chi connectivity index (χ2n) is 9.35. The fourth-order valence-corrected chi connectivity index (χ4v) is 6.65. The van der Waals surface area contributed by atoms with Crippen molar-refractivity contribution in [1.29, 1.82) is 0 Å². The van der Waals surface area contributed by atoms with E-state index >= 15 is 0 Å². The normalized spacial score (nSPS) is 18.4. The Morgan fingerprint density at radius 1 is 1.16 bits per heavy atom. The van der Waals surface area contributed by atoms with E-state index in [9.17, 15) is 19.5 Å². The molecule has 3 heterocycles. The van der Waals surface area contributed by atoms with Crippen LogP contribution in [0, 0.1) is 0 Å². The monoisotopic (exact) mass is 540 g/mol. The van der Waals surface area contributed by atoms with Gasteiger partial charge in [-0.15, -0.1) is 22.7 Å². The lowest BCUT2D eigenvalue weighted by molar-refractivity contribution is -0.169. The number of aliphatic hydroxyl groups is 1. The molecule has 194 valence electrons. The summed E-state index contributed by atoms with van der Waals surface area (Å²) in [5.41, 5.74) is -0.247. The first-order valence-electron chi connectivity index (χ1n) is 12.2. The summed E-state index contributed by atoms with van der Waals surface area (Å²) in [5, 5.41) is 15.1. The minimum atomic E-state index is -1.79. The number of hydrogen-bond donors (Lipinski definition) is 1. The Morgan fingerprint density at radius 2 is 1.84 bits per heavy atom. The van der Waals surface area contributed by atoms with Crippen LogP contribution in [0.5, 0.6) is 0 Å². The molecule has 0 amide bonds. The molecule has 3 aromatic heterocycles. The number of ether oxygens (including phenoxy) is 1. The van der Waals surface area contributed by atoms with Gasteiger partial charge in [0, 0.05) is 24.7 Å². The first kappa shape index (κ1) is 25.6. The summed E-state index contributed by atoms with van der Waals surface area (Å²) in [4.78, 5) is 39.9. The Kier molecular flexibility index (Phi) is 7.43. The average Bonchev–Trinajstić information content (AvgIpc) is 3.69. The minimum absolute atomic E-state index is 0.254. The molecule has 1 aliphatic carbocycles. The van der Waals surface area contributed by atoms with Gasteiger partial charge in [0.2, 0.25) is 5.60 Å². The van der Waals surface area contributed by atoms with Crippen LogP contribution in [0.3, 0.4) is 0 Å². The first-order chi connectivity index (χ1) is 17.9. The highest BCUT2D eigenvalue weighted by Gasteiger charge is 2.45. The number of oxazole rings is 1. The third-order valence-electron chi connectivity index (χ3n) is 7.10. The Balaban J connectivity index is 1.17. The van der Waals surface area contributed by atoms with Gasteiger partial charge in [-0.2, -0.15) is 0 Å². The molecule has 0 unspecified atom stereocenters. The SMILES string of the molecule is CN(CCn1c(=O)oc2cc(C=O)ccc21)[C@H]1CC[C@H](OC(=O)C(O)(c2cccs2)c2cccs2)CC1. The molecule has 0 radical (unpaired) electrons. The number of carbonyl (C=O) groups is 2. The molecular formula is C27H28N2O6S2. The molecule has 5 rings (SSSR count). The van der Waals surface area contributed by atoms with Gasteiger partial charge < -0.3 is 19.2 Å². The molecule has 1 saturated carbocycles. The van der Waals surface area contributed by atoms with E-state index in [4.69, 9.17) is 9.15 Å². The van der Waals surface area contributed by atoms with Crippen LogP contribution in [0.2, 0.25) is 0 Å². The summed E-state index contributed by atoms with van der Waals surface area (Å²) >= 11 is 2.67. The highest BCUT2D eigenvalue weighted by molar-refractivity contribution is 7.12. The summed E-state index contributed by atoms with van der Waals surface area (Å²) in [6, 6.07) is 12.4. The molecule has 1 aromatic carbocycles. The van der Waals surface area contributed by atoms with E-state index < -0.39 is 17.3 Å². The van der Waals surface area contributed by atoms with Crippen LogP contribution in [0.4, 0.5) is 0 Å². The van der Waals surface area contributed by atoms with E-state index in [-0.39, 0.29) is 6.10 Å². The van der Waals surface area contributed by atoms with Crippen molar-refractivity contribution in [2.75, 3.05) is 13.6 Å². The zero-order valence-electron chi connectivity index (χ0n) is 20.4. The zero-order chi connectivity index (χ0) is 26.0. The maximum Gasteiger partial charge on any atom is 0.419 e. The van der Waals surface area contributed by atoms with Crippen molar-refractivity contribution in [2.24, 2.45) is 0 Å². The van der Waals surface area contributed by atoms with Gasteiger partial charge in [-0.25, -0.2) is 9.59 Å². The second-order valence-corrected chi connectivity index (χ2v) is 11.2. The van der Waals surface area contributed by atoms with Gasteiger partial charge >= 0.3 is 11.7 Å². The quantitative estimate of drug-likeness (QED) is 0.250. The number of esters is 1. The van der Waals surface area contributed by atoms with Crippen LogP contribution in [0.1, 0.15) is 45.8 Å². The van der Waals surface area contributed by atoms with E-state index in [1.165, 1.54) is 22.7 Å². The molecule has 0 aliphatic heterocycles. The molecular weight excluding hydrogens is 512 g/mol. The fraction of sp³-hybridized carbons (Fsp3) is 0.370. The molecule has 10 heteroatoms. The summed E-state index contributed by atoms with van der Waals surface area (Å²) in [6.45, 7) is 1.11. The number of hydrogen-bond acceptors (Lipinski definition) is 9. The molecule has 37 heavy (non-hydrogen) atoms. The number of fused-ring (bicyclic) bond motifs is 1. The number of thiophene rings is 2. The van der Waals surface area contributed by atoms with Gasteiger partial charge in [0.15, 0.2) is 5.58 Å². The molecule has 0 atom stereocenters. The molecule has 0 bridgehead atoms. The predicted octanol–water partition coefficient (Wildman–Crippen LogP) is 4.25. The number of aldehydes is 1. The Hall–Kier alpha value is -3.05. The third-order valence-corrected chi connectivity index (χ3v) is 9.05. The van der Waals surface area contributed by atoms with Crippen molar-refractivity contribution >= 4 is 46.0 Å². The van der Waals surface area contributed by atoms with Gasteiger partial charge in [-0.05, 0) is 73.8 Å². The van der Waals surface area contributed by atoms with Crippen LogP contribution < -0.4 is 5.76 Å². The van der Waals surface area contributed by atoms with Crippen molar-refractivity contribution in [2.45, 2.75) is 50.0 Å². The van der Waals surface area contributed by atoms with Gasteiger partial charge in [0.25, 0.3) is 0 Å². The Bertz CT molecular complexity index is 1380. The number of benzene rings is 1. The zero-order valence-corrected chi connectivity index (χ0v) is 22.0. The maximum absolute atomic E-state index is 13.2. The van der Waals surface area contributed by atoms with E-state index in [1.54, 1.807) is 34.9 Å². The highest BCUT2D eigenvalue weighted by Crippen LogP contribution is 2.38. The van der Waals surface area contributed by atoms with Crippen molar-refractivity contribution in [3.8, 4) is 0 Å². The molecule has 1 N–H and O–H groups in total. The largest absolute Gasteiger partial charge is 0.460 e. The lowest BCUT2D eigenvalue weighted by Crippen LogP contribution is -2.42. The Morgan fingerprint density at radius 3 is 2.43 bits per heavy atom. The maximum atomic E-state index is 13.2. The van der Waals surface area contributed by atoms with Crippen LogP contribution in [-0.4, -0.2) is 52.6 Å². The molecule has 1 aliphatic rings. The van der Waals surface area contributed by atoms with Crippen LogP contribution >= 0.6 is 22.7 Å². The van der Waals surface area contributed by atoms with Gasteiger partial charge in [0.1, 0.15) is 12.4 Å². The van der Waals surface area contributed by atoms with Crippen LogP contribution in [0.15, 0.2) is 62.4 Å². The van der Waals surface area contributed by atoms with Crippen molar-refractivity contribution in [3.63, 3.8) is 0 Å². The molecule has 0 saturated heterocycles. The molecule has 0 spiro atoms.